The molecule has 8 nitrogen and oxygen atoms in total. The lowest BCUT2D eigenvalue weighted by atomic mass is 9.85. The van der Waals surface area contributed by atoms with Gasteiger partial charge < -0.3 is 19.3 Å². The van der Waals surface area contributed by atoms with E-state index in [-0.39, 0.29) is 64.7 Å². The van der Waals surface area contributed by atoms with Crippen LogP contribution in [0.5, 0.6) is 0 Å². The highest BCUT2D eigenvalue weighted by Gasteiger charge is 2.48. The summed E-state index contributed by atoms with van der Waals surface area (Å²) >= 11 is 0. The molecule has 0 saturated carbocycles. The maximum absolute atomic E-state index is 10.5. The van der Waals surface area contributed by atoms with Crippen LogP contribution in [0.3, 0.4) is 0 Å². The minimum absolute atomic E-state index is 0.0470. The minimum atomic E-state index is -0.616. The number of rotatable bonds is 6. The van der Waals surface area contributed by atoms with Crippen molar-refractivity contribution in [1.29, 1.82) is 10.3 Å². The number of ether oxygens (including phenoxy) is 3. The third-order valence-corrected chi connectivity index (χ3v) is 6.72. The maximum Gasteiger partial charge on any atom is 0.181 e. The summed E-state index contributed by atoms with van der Waals surface area (Å²) in [5, 5.41) is 25.5. The van der Waals surface area contributed by atoms with Crippen molar-refractivity contribution in [1.82, 2.24) is 0 Å². The highest BCUT2D eigenvalue weighted by atomic mass is 31.0. The van der Waals surface area contributed by atoms with Crippen molar-refractivity contribution in [2.45, 2.75) is 96.4 Å². The molecule has 0 aromatic carbocycles. The van der Waals surface area contributed by atoms with E-state index in [1.807, 2.05) is 20.8 Å². The van der Waals surface area contributed by atoms with E-state index in [2.05, 4.69) is 23.3 Å². The van der Waals surface area contributed by atoms with Crippen molar-refractivity contribution in [3.05, 3.63) is 0 Å². The van der Waals surface area contributed by atoms with Crippen LogP contribution in [0.1, 0.15) is 47.5 Å². The summed E-state index contributed by atoms with van der Waals surface area (Å²) in [5.41, 5.74) is 0. The molecule has 0 amide bonds. The van der Waals surface area contributed by atoms with Crippen molar-refractivity contribution in [3.63, 3.8) is 0 Å². The molecular formula is C17H34N4O4P2. The van der Waals surface area contributed by atoms with Gasteiger partial charge in [-0.25, -0.2) is 4.74 Å². The number of hydrogen-bond donors (Lipinski definition) is 3. The van der Waals surface area contributed by atoms with Gasteiger partial charge >= 0.3 is 0 Å². The second-order valence-electron chi connectivity index (χ2n) is 7.51. The summed E-state index contributed by atoms with van der Waals surface area (Å²) in [7, 11) is -0.568. The van der Waals surface area contributed by atoms with Crippen LogP contribution in [0.2, 0.25) is 0 Å². The Labute approximate surface area is 164 Å². The molecule has 27 heavy (non-hydrogen) atoms. The van der Waals surface area contributed by atoms with Gasteiger partial charge in [0.25, 0.3) is 0 Å². The van der Waals surface area contributed by atoms with E-state index in [0.29, 0.717) is 6.42 Å². The van der Waals surface area contributed by atoms with Crippen molar-refractivity contribution < 1.29 is 19.3 Å². The highest BCUT2D eigenvalue weighted by molar-refractivity contribution is 7.13. The molecular weight excluding hydrogens is 386 g/mol. The van der Waals surface area contributed by atoms with E-state index in [1.54, 1.807) is 0 Å². The maximum atomic E-state index is 10.5. The average Bonchev–Trinajstić information content (AvgIpc) is 2.66. The van der Waals surface area contributed by atoms with Crippen LogP contribution in [0.15, 0.2) is 9.49 Å². The molecule has 3 N–H and O–H groups in total. The molecule has 0 aromatic rings. The van der Waals surface area contributed by atoms with Crippen molar-refractivity contribution >= 4 is 16.3 Å². The second-order valence-corrected chi connectivity index (χ2v) is 8.48. The Bertz CT molecular complexity index is 599. The predicted octanol–water partition coefficient (Wildman–Crippen LogP) is 4.32. The molecule has 10 heteroatoms. The standard InChI is InChI=1S/C17H34N4O4P2/c1-6-11-15(22)8(3)14(21-27-19)17(24-11)25-16-9(4)13(20-26-18)10(5)23-12(16)7-2/h8-19,22,26-27H,6-7H2,1-5H3/t8?,9-,10+,11?,12?,13?,14?,15+,16+,17+/m1/s1. The first-order chi connectivity index (χ1) is 12.9. The molecule has 2 fully saturated rings. The van der Waals surface area contributed by atoms with Gasteiger partial charge in [0.15, 0.2) is 6.29 Å². The van der Waals surface area contributed by atoms with Crippen molar-refractivity contribution in [3.8, 4) is 0 Å². The van der Waals surface area contributed by atoms with Gasteiger partial charge in [-0.1, -0.05) is 27.7 Å². The lowest BCUT2D eigenvalue weighted by Crippen LogP contribution is -2.58. The monoisotopic (exact) mass is 420 g/mol. The summed E-state index contributed by atoms with van der Waals surface area (Å²) in [5.74, 6) is -0.0537. The van der Waals surface area contributed by atoms with E-state index in [4.69, 9.17) is 24.5 Å². The minimum Gasteiger partial charge on any atom is -0.390 e. The normalized spacial score (nSPS) is 45.7. The summed E-state index contributed by atoms with van der Waals surface area (Å²) in [4.78, 5) is 0. The van der Waals surface area contributed by atoms with Gasteiger partial charge in [-0.3, -0.25) is 15.1 Å². The quantitative estimate of drug-likeness (QED) is 0.554. The number of aliphatic hydroxyl groups is 1. The van der Waals surface area contributed by atoms with Crippen LogP contribution >= 0.6 is 16.3 Å². The number of aliphatic hydroxyl groups excluding tert-OH is 1. The van der Waals surface area contributed by atoms with Gasteiger partial charge in [0.05, 0.1) is 36.6 Å². The Morgan fingerprint density at radius 3 is 2.07 bits per heavy atom. The molecule has 0 bridgehead atoms. The van der Waals surface area contributed by atoms with Gasteiger partial charge in [0.1, 0.15) is 6.04 Å². The molecule has 2 aliphatic rings. The van der Waals surface area contributed by atoms with E-state index in [9.17, 15) is 5.11 Å². The zero-order valence-corrected chi connectivity index (χ0v) is 18.8. The lowest BCUT2D eigenvalue weighted by Gasteiger charge is -2.47. The largest absolute Gasteiger partial charge is 0.390 e. The van der Waals surface area contributed by atoms with Gasteiger partial charge in [-0.15, -0.1) is 0 Å². The fourth-order valence-corrected chi connectivity index (χ4v) is 5.31. The third kappa shape index (κ3) is 4.98. The first-order valence-electron chi connectivity index (χ1n) is 9.77. The summed E-state index contributed by atoms with van der Waals surface area (Å²) in [6.07, 6.45) is -0.399. The number of nitrogens with zero attached hydrogens (tertiary/aromatic N) is 2. The Balaban J connectivity index is 2.28. The molecule has 2 rings (SSSR count). The Kier molecular flexibility index (Phi) is 8.85. The predicted molar refractivity (Wildman–Crippen MR) is 107 cm³/mol. The SMILES string of the molecule is CCC1O[C@@H](O[C@@H]2C(CC)O[C@@H](C)C(N=[PH]=N)[C@H]2C)C(N=[PH]=N)C(C)[C@@H]1O. The number of hydrogen-bond acceptors (Lipinski definition) is 8. The third-order valence-electron chi connectivity index (χ3n) is 5.86. The second kappa shape index (κ2) is 10.4. The van der Waals surface area contributed by atoms with Crippen LogP contribution in [-0.4, -0.2) is 54.0 Å². The van der Waals surface area contributed by atoms with Crippen LogP contribution in [0.4, 0.5) is 0 Å². The van der Waals surface area contributed by atoms with Crippen molar-refractivity contribution in [2.75, 3.05) is 0 Å². The topological polar surface area (TPSA) is 120 Å². The molecule has 2 heterocycles. The Hall–Kier alpha value is -0.360. The molecule has 0 spiro atoms. The molecule has 7 unspecified atom stereocenters. The zero-order valence-electron chi connectivity index (χ0n) is 16.8. The number of nitrogens with one attached hydrogen (secondary N) is 2. The van der Waals surface area contributed by atoms with Gasteiger partial charge in [0.2, 0.25) is 0 Å². The lowest BCUT2D eigenvalue weighted by molar-refractivity contribution is -0.290. The van der Waals surface area contributed by atoms with E-state index in [0.717, 1.165) is 6.42 Å². The van der Waals surface area contributed by atoms with Crippen LogP contribution in [0, 0.1) is 22.2 Å². The summed E-state index contributed by atoms with van der Waals surface area (Å²) < 4.78 is 27.5. The average molecular weight is 420 g/mol. The fourth-order valence-electron chi connectivity index (χ4n) is 4.21. The van der Waals surface area contributed by atoms with Crippen LogP contribution < -0.4 is 0 Å². The fraction of sp³-hybridized carbons (Fsp3) is 1.00. The Morgan fingerprint density at radius 2 is 1.52 bits per heavy atom. The van der Waals surface area contributed by atoms with Crippen LogP contribution in [0.25, 0.3) is 0 Å². The highest BCUT2D eigenvalue weighted by Crippen LogP contribution is 2.37. The zero-order chi connectivity index (χ0) is 20.1. The molecule has 0 aliphatic carbocycles. The van der Waals surface area contributed by atoms with E-state index < -0.39 is 12.4 Å². The van der Waals surface area contributed by atoms with Crippen LogP contribution in [-0.2, 0) is 14.2 Å². The molecule has 2 aliphatic heterocycles. The molecule has 2 saturated heterocycles. The van der Waals surface area contributed by atoms with Crippen molar-refractivity contribution in [2.24, 2.45) is 21.3 Å². The van der Waals surface area contributed by atoms with E-state index in [1.165, 1.54) is 0 Å². The first kappa shape index (κ1) is 22.9. The molecule has 156 valence electrons. The smallest absolute Gasteiger partial charge is 0.181 e. The first-order valence-corrected chi connectivity index (χ1v) is 11.7. The van der Waals surface area contributed by atoms with Gasteiger partial charge in [-0.2, -0.15) is 0 Å². The summed E-state index contributed by atoms with van der Waals surface area (Å²) in [6, 6.07) is -0.466. The molecule has 12 atom stereocenters. The van der Waals surface area contributed by atoms with E-state index >= 15 is 0 Å². The molecule has 0 aromatic heterocycles. The molecule has 0 radical (unpaired) electrons. The van der Waals surface area contributed by atoms with Gasteiger partial charge in [-0.05, 0) is 19.8 Å². The Morgan fingerprint density at radius 1 is 0.926 bits per heavy atom. The summed E-state index contributed by atoms with van der Waals surface area (Å²) in [6.45, 7) is 10.1. The van der Waals surface area contributed by atoms with Gasteiger partial charge in [0, 0.05) is 28.2 Å².